The number of carbonyl (C=O) groups is 1. The molecule has 0 fully saturated rings. The van der Waals surface area contributed by atoms with Gasteiger partial charge in [0.05, 0.1) is 11.8 Å². The molecule has 2 N–H and O–H groups in total. The average Bonchev–Trinajstić information content (AvgIpc) is 3.41. The lowest BCUT2D eigenvalue weighted by atomic mass is 10.0. The number of rotatable bonds is 4. The highest BCUT2D eigenvalue weighted by molar-refractivity contribution is 5.98. The molecule has 0 unspecified atom stereocenters. The van der Waals surface area contributed by atoms with Crippen LogP contribution in [-0.4, -0.2) is 21.0 Å². The molecule has 2 aromatic carbocycles. The fourth-order valence-electron chi connectivity index (χ4n) is 3.67. The van der Waals surface area contributed by atoms with Gasteiger partial charge in [0.2, 0.25) is 5.91 Å². The Labute approximate surface area is 180 Å². The predicted molar refractivity (Wildman–Crippen MR) is 117 cm³/mol. The Balaban J connectivity index is 1.62. The molecule has 3 heterocycles. The minimum atomic E-state index is -0.967. The number of aromatic nitrogens is 3. The summed E-state index contributed by atoms with van der Waals surface area (Å²) in [6, 6.07) is 13.3. The molecule has 0 atom stereocenters. The van der Waals surface area contributed by atoms with Crippen molar-refractivity contribution in [2.45, 2.75) is 6.92 Å². The monoisotopic (exact) mass is 430 g/mol. The Morgan fingerprint density at radius 3 is 2.69 bits per heavy atom. The highest BCUT2D eigenvalue weighted by atomic mass is 19.2. The number of pyridine rings is 1. The molecule has 0 saturated carbocycles. The number of carbonyl (C=O) groups excluding carboxylic acids is 1. The normalized spacial score (nSPS) is 11.1. The zero-order valence-corrected chi connectivity index (χ0v) is 16.8. The first-order chi connectivity index (χ1) is 15.5. The minimum Gasteiger partial charge on any atom is -0.356 e. The van der Waals surface area contributed by atoms with Gasteiger partial charge in [-0.25, -0.2) is 13.8 Å². The Hall–Kier alpha value is -4.33. The fourth-order valence-corrected chi connectivity index (χ4v) is 3.67. The maximum absolute atomic E-state index is 14.4. The first-order valence-corrected chi connectivity index (χ1v) is 9.76. The molecule has 5 aromatic rings. The second kappa shape index (κ2) is 7.73. The Bertz CT molecular complexity index is 1470. The van der Waals surface area contributed by atoms with E-state index in [1.54, 1.807) is 18.5 Å². The van der Waals surface area contributed by atoms with Crippen molar-refractivity contribution in [3.63, 3.8) is 0 Å². The number of nitrogens with one attached hydrogen (secondary N) is 2. The van der Waals surface area contributed by atoms with Crippen molar-refractivity contribution in [3.8, 4) is 33.6 Å². The highest BCUT2D eigenvalue weighted by Gasteiger charge is 2.21. The van der Waals surface area contributed by atoms with E-state index < -0.39 is 11.6 Å². The molecule has 0 saturated heterocycles. The smallest absolute Gasteiger partial charge is 0.221 e. The molecule has 6 nitrogen and oxygen atoms in total. The molecule has 0 aliphatic heterocycles. The molecule has 3 aromatic heterocycles. The maximum atomic E-state index is 14.4. The van der Waals surface area contributed by atoms with Crippen molar-refractivity contribution in [2.75, 3.05) is 5.32 Å². The molecule has 0 radical (unpaired) electrons. The van der Waals surface area contributed by atoms with E-state index in [-0.39, 0.29) is 11.5 Å². The van der Waals surface area contributed by atoms with Crippen LogP contribution >= 0.6 is 0 Å². The Kier molecular flexibility index (Phi) is 4.74. The largest absolute Gasteiger partial charge is 0.356 e. The summed E-state index contributed by atoms with van der Waals surface area (Å²) in [5.41, 5.74) is 3.94. The van der Waals surface area contributed by atoms with Crippen molar-refractivity contribution in [3.05, 3.63) is 78.8 Å². The van der Waals surface area contributed by atoms with Crippen LogP contribution in [0.5, 0.6) is 0 Å². The molecule has 1 amide bonds. The van der Waals surface area contributed by atoms with Crippen molar-refractivity contribution in [1.29, 1.82) is 0 Å². The van der Waals surface area contributed by atoms with E-state index in [0.717, 1.165) is 22.6 Å². The molecule has 0 aliphatic rings. The number of amides is 1. The molecule has 32 heavy (non-hydrogen) atoms. The zero-order valence-electron chi connectivity index (χ0n) is 16.8. The number of nitrogens with zero attached hydrogens (tertiary/aromatic N) is 2. The van der Waals surface area contributed by atoms with E-state index in [2.05, 4.69) is 20.4 Å². The second-order valence-electron chi connectivity index (χ2n) is 7.25. The Morgan fingerprint density at radius 2 is 1.84 bits per heavy atom. The van der Waals surface area contributed by atoms with E-state index >= 15 is 0 Å². The van der Waals surface area contributed by atoms with Crippen molar-refractivity contribution in [2.24, 2.45) is 0 Å². The van der Waals surface area contributed by atoms with Crippen molar-refractivity contribution >= 4 is 22.6 Å². The van der Waals surface area contributed by atoms with Crippen LogP contribution in [0.3, 0.4) is 0 Å². The Morgan fingerprint density at radius 1 is 1.00 bits per heavy atom. The molecule has 5 rings (SSSR count). The number of hydrogen-bond acceptors (Lipinski definition) is 4. The van der Waals surface area contributed by atoms with Gasteiger partial charge in [-0.2, -0.15) is 0 Å². The lowest BCUT2D eigenvalue weighted by Crippen LogP contribution is -2.05. The summed E-state index contributed by atoms with van der Waals surface area (Å²) in [5, 5.41) is 7.30. The average molecular weight is 430 g/mol. The number of H-pyrrole nitrogens is 1. The SMILES string of the molecule is CC(=O)Nc1cccc(-c2cnc3[nH]cc(-c4oncc4-c4cccc(F)c4F)c3c2)c1. The standard InChI is InChI=1S/C24H16F2N4O2/c1-13(31)30-16-5-2-4-14(8-16)15-9-18-19(11-28-24(18)27-10-15)23-20(12-29-32-23)17-6-3-7-21(25)22(17)26/h2-12H,1H3,(H,27,28)(H,30,31). The summed E-state index contributed by atoms with van der Waals surface area (Å²) in [4.78, 5) is 18.9. The minimum absolute atomic E-state index is 0.0581. The lowest BCUT2D eigenvalue weighted by molar-refractivity contribution is -0.114. The summed E-state index contributed by atoms with van der Waals surface area (Å²) in [6.45, 7) is 1.45. The van der Waals surface area contributed by atoms with Crippen LogP contribution in [0.25, 0.3) is 44.6 Å². The zero-order chi connectivity index (χ0) is 22.2. The van der Waals surface area contributed by atoms with Gasteiger partial charge in [0, 0.05) is 47.1 Å². The van der Waals surface area contributed by atoms with Gasteiger partial charge in [-0.1, -0.05) is 29.4 Å². The van der Waals surface area contributed by atoms with E-state index in [0.29, 0.717) is 28.2 Å². The van der Waals surface area contributed by atoms with Gasteiger partial charge in [-0.15, -0.1) is 0 Å². The van der Waals surface area contributed by atoms with E-state index in [9.17, 15) is 13.6 Å². The molecule has 8 heteroatoms. The number of anilines is 1. The van der Waals surface area contributed by atoms with Crippen LogP contribution in [0.2, 0.25) is 0 Å². The summed E-state index contributed by atoms with van der Waals surface area (Å²) >= 11 is 0. The highest BCUT2D eigenvalue weighted by Crippen LogP contribution is 2.38. The molecular formula is C24H16F2N4O2. The fraction of sp³-hybridized carbons (Fsp3) is 0.0417. The molecule has 0 spiro atoms. The van der Waals surface area contributed by atoms with Gasteiger partial charge in [-0.3, -0.25) is 4.79 Å². The van der Waals surface area contributed by atoms with Crippen LogP contribution in [0, 0.1) is 11.6 Å². The van der Waals surface area contributed by atoms with Crippen molar-refractivity contribution in [1.82, 2.24) is 15.1 Å². The number of benzene rings is 2. The third-order valence-electron chi connectivity index (χ3n) is 5.10. The van der Waals surface area contributed by atoms with Gasteiger partial charge in [0.25, 0.3) is 0 Å². The van der Waals surface area contributed by atoms with Crippen LogP contribution in [-0.2, 0) is 4.79 Å². The van der Waals surface area contributed by atoms with E-state index in [1.165, 1.54) is 25.3 Å². The molecule has 0 bridgehead atoms. The first-order valence-electron chi connectivity index (χ1n) is 9.76. The quantitative estimate of drug-likeness (QED) is 0.378. The predicted octanol–water partition coefficient (Wildman–Crippen LogP) is 5.79. The van der Waals surface area contributed by atoms with Gasteiger partial charge >= 0.3 is 0 Å². The molecule has 158 valence electrons. The topological polar surface area (TPSA) is 83.8 Å². The number of hydrogen-bond donors (Lipinski definition) is 2. The van der Waals surface area contributed by atoms with Crippen molar-refractivity contribution < 1.29 is 18.1 Å². The van der Waals surface area contributed by atoms with Gasteiger partial charge in [0.15, 0.2) is 17.4 Å². The summed E-state index contributed by atoms with van der Waals surface area (Å²) < 4.78 is 33.6. The van der Waals surface area contributed by atoms with Gasteiger partial charge < -0.3 is 14.8 Å². The number of halogens is 2. The lowest BCUT2D eigenvalue weighted by Gasteiger charge is -2.07. The first kappa shape index (κ1) is 19.6. The van der Waals surface area contributed by atoms with Crippen LogP contribution < -0.4 is 5.32 Å². The third kappa shape index (κ3) is 3.41. The second-order valence-corrected chi connectivity index (χ2v) is 7.25. The van der Waals surface area contributed by atoms with Gasteiger partial charge in [0.1, 0.15) is 5.65 Å². The summed E-state index contributed by atoms with van der Waals surface area (Å²) in [6.07, 6.45) is 4.76. The number of aromatic amines is 1. The molecule has 0 aliphatic carbocycles. The maximum Gasteiger partial charge on any atom is 0.221 e. The van der Waals surface area contributed by atoms with Gasteiger partial charge in [-0.05, 0) is 29.8 Å². The summed E-state index contributed by atoms with van der Waals surface area (Å²) in [7, 11) is 0. The molecular weight excluding hydrogens is 414 g/mol. The van der Waals surface area contributed by atoms with E-state index in [4.69, 9.17) is 4.52 Å². The third-order valence-corrected chi connectivity index (χ3v) is 5.10. The number of fused-ring (bicyclic) bond motifs is 1. The van der Waals surface area contributed by atoms with E-state index in [1.807, 2.05) is 24.3 Å². The summed E-state index contributed by atoms with van der Waals surface area (Å²) in [5.74, 6) is -1.78. The van der Waals surface area contributed by atoms with Crippen LogP contribution in [0.4, 0.5) is 14.5 Å². The van der Waals surface area contributed by atoms with Crippen LogP contribution in [0.1, 0.15) is 6.92 Å². The van der Waals surface area contributed by atoms with Crippen LogP contribution in [0.15, 0.2) is 71.6 Å².